The van der Waals surface area contributed by atoms with E-state index < -0.39 is 29.3 Å². The molecule has 2 aromatic carbocycles. The molecular formula is C35H42ClN5O7. The molecule has 0 bridgehead atoms. The van der Waals surface area contributed by atoms with E-state index in [4.69, 9.17) is 20.8 Å². The molecule has 4 rings (SSSR count). The first-order valence-corrected chi connectivity index (χ1v) is 16.5. The van der Waals surface area contributed by atoms with Crippen LogP contribution >= 0.6 is 11.6 Å². The monoisotopic (exact) mass is 679 g/mol. The van der Waals surface area contributed by atoms with Crippen molar-refractivity contribution in [3.05, 3.63) is 92.5 Å². The number of hydrogen-bond acceptors (Lipinski definition) is 8. The summed E-state index contributed by atoms with van der Waals surface area (Å²) < 4.78 is 13.0. The molecule has 0 saturated heterocycles. The van der Waals surface area contributed by atoms with Gasteiger partial charge in [-0.15, -0.1) is 0 Å². The van der Waals surface area contributed by atoms with Crippen molar-refractivity contribution in [2.45, 2.75) is 78.8 Å². The van der Waals surface area contributed by atoms with Crippen LogP contribution < -0.4 is 21.1 Å². The van der Waals surface area contributed by atoms with Crippen LogP contribution in [0.5, 0.6) is 11.8 Å². The van der Waals surface area contributed by atoms with Gasteiger partial charge in [0.1, 0.15) is 0 Å². The third-order valence-electron chi connectivity index (χ3n) is 7.75. The molecule has 0 radical (unpaired) electrons. The molecule has 2 heterocycles. The van der Waals surface area contributed by atoms with Crippen LogP contribution in [0.2, 0.25) is 5.02 Å². The van der Waals surface area contributed by atoms with E-state index in [2.05, 4.69) is 22.5 Å². The van der Waals surface area contributed by atoms with Gasteiger partial charge in [-0.25, -0.2) is 14.3 Å². The first-order chi connectivity index (χ1) is 23.1. The number of unbranched alkanes of at least 4 members (excludes halogenated alkanes) is 5. The summed E-state index contributed by atoms with van der Waals surface area (Å²) in [6, 6.07) is 11.4. The van der Waals surface area contributed by atoms with Crippen molar-refractivity contribution >= 4 is 34.9 Å². The van der Waals surface area contributed by atoms with E-state index in [0.29, 0.717) is 11.1 Å². The van der Waals surface area contributed by atoms with Crippen molar-refractivity contribution in [1.29, 1.82) is 0 Å². The van der Waals surface area contributed by atoms with Gasteiger partial charge in [0.05, 0.1) is 29.6 Å². The molecular weight excluding hydrogens is 638 g/mol. The number of aryl methyl sites for hydroxylation is 2. The third kappa shape index (κ3) is 8.54. The van der Waals surface area contributed by atoms with Crippen molar-refractivity contribution in [3.8, 4) is 11.8 Å². The lowest BCUT2D eigenvalue weighted by molar-refractivity contribution is -0.118. The minimum Gasteiger partial charge on any atom is -0.491 e. The Labute approximate surface area is 284 Å². The van der Waals surface area contributed by atoms with Gasteiger partial charge in [0, 0.05) is 19.0 Å². The third-order valence-corrected chi connectivity index (χ3v) is 8.07. The number of oxazole rings is 1. The molecule has 0 aliphatic heterocycles. The fourth-order valence-corrected chi connectivity index (χ4v) is 5.58. The number of halogens is 1. The van der Waals surface area contributed by atoms with Crippen molar-refractivity contribution in [2.75, 3.05) is 18.5 Å². The molecule has 1 atom stereocenters. The van der Waals surface area contributed by atoms with E-state index in [0.717, 1.165) is 29.4 Å². The van der Waals surface area contributed by atoms with E-state index in [1.807, 2.05) is 6.07 Å². The quantitative estimate of drug-likeness (QED) is 0.0675. The molecule has 256 valence electrons. The van der Waals surface area contributed by atoms with Crippen LogP contribution in [-0.2, 0) is 11.3 Å². The van der Waals surface area contributed by atoms with E-state index >= 15 is 0 Å². The molecule has 4 aromatic rings. The van der Waals surface area contributed by atoms with Gasteiger partial charge in [-0.2, -0.15) is 0 Å². The maximum atomic E-state index is 14.0. The second kappa shape index (κ2) is 16.8. The highest BCUT2D eigenvalue weighted by atomic mass is 35.5. The van der Waals surface area contributed by atoms with Crippen LogP contribution in [0.3, 0.4) is 0 Å². The molecule has 48 heavy (non-hydrogen) atoms. The summed E-state index contributed by atoms with van der Waals surface area (Å²) >= 11 is 6.50. The van der Waals surface area contributed by atoms with Crippen molar-refractivity contribution < 1.29 is 28.6 Å². The normalized spacial score (nSPS) is 11.7. The smallest absolute Gasteiger partial charge is 0.335 e. The number of aromatic nitrogens is 3. The summed E-state index contributed by atoms with van der Waals surface area (Å²) in [6.45, 7) is 7.51. The predicted molar refractivity (Wildman–Crippen MR) is 182 cm³/mol. The molecule has 3 N–H and O–H groups in total. The number of anilines is 1. The predicted octanol–water partition coefficient (Wildman–Crippen LogP) is 6.21. The fourth-order valence-electron chi connectivity index (χ4n) is 5.35. The van der Waals surface area contributed by atoms with Gasteiger partial charge < -0.3 is 24.9 Å². The molecule has 13 heteroatoms. The first-order valence-electron chi connectivity index (χ1n) is 16.1. The summed E-state index contributed by atoms with van der Waals surface area (Å²) in [6.07, 6.45) is 6.57. The number of nitrogens with one attached hydrogen (secondary N) is 2. The molecule has 0 saturated carbocycles. The Kier molecular flexibility index (Phi) is 12.6. The van der Waals surface area contributed by atoms with E-state index in [1.165, 1.54) is 51.3 Å². The maximum absolute atomic E-state index is 14.0. The lowest BCUT2D eigenvalue weighted by Crippen LogP contribution is -2.39. The maximum Gasteiger partial charge on any atom is 0.335 e. The summed E-state index contributed by atoms with van der Waals surface area (Å²) in [7, 11) is 0. The van der Waals surface area contributed by atoms with Gasteiger partial charge in [0.15, 0.2) is 17.7 Å². The van der Waals surface area contributed by atoms with E-state index in [1.54, 1.807) is 31.2 Å². The molecule has 0 fully saturated rings. The van der Waals surface area contributed by atoms with Crippen LogP contribution in [0.1, 0.15) is 96.5 Å². The highest BCUT2D eigenvalue weighted by Gasteiger charge is 2.39. The molecule has 2 amide bonds. The lowest BCUT2D eigenvalue weighted by Gasteiger charge is -2.17. The molecule has 2 aromatic heterocycles. The average Bonchev–Trinajstić information content (AvgIpc) is 3.52. The summed E-state index contributed by atoms with van der Waals surface area (Å²) in [5, 5.41) is 16.8. The SMILES string of the molecule is CCCCCCCCNC(=O)c1ccc(NC(=O)C(C(=O)c2oc(C)nc2C)n2c(O)c(OCC)n(Cc3ccccc3)c2=O)c(Cl)c1. The zero-order valence-corrected chi connectivity index (χ0v) is 28.4. The van der Waals surface area contributed by atoms with Crippen LogP contribution in [0.15, 0.2) is 57.7 Å². The number of benzene rings is 2. The number of ketones is 1. The Morgan fingerprint density at radius 1 is 1.02 bits per heavy atom. The second-order valence-corrected chi connectivity index (χ2v) is 11.8. The number of amides is 2. The minimum atomic E-state index is -1.95. The number of nitrogens with zero attached hydrogens (tertiary/aromatic N) is 3. The first kappa shape index (κ1) is 36.0. The Morgan fingerprint density at radius 2 is 1.73 bits per heavy atom. The zero-order valence-electron chi connectivity index (χ0n) is 27.7. The van der Waals surface area contributed by atoms with Gasteiger partial charge in [-0.1, -0.05) is 81.0 Å². The highest BCUT2D eigenvalue weighted by Crippen LogP contribution is 2.32. The number of hydrogen-bond donors (Lipinski definition) is 3. The number of carbonyl (C=O) groups is 3. The second-order valence-electron chi connectivity index (χ2n) is 11.4. The number of rotatable bonds is 17. The van der Waals surface area contributed by atoms with E-state index in [-0.39, 0.29) is 58.6 Å². The Hall–Kier alpha value is -4.84. The van der Waals surface area contributed by atoms with E-state index in [9.17, 15) is 24.3 Å². The number of ether oxygens (including phenoxy) is 1. The molecule has 12 nitrogen and oxygen atoms in total. The zero-order chi connectivity index (χ0) is 34.8. The molecule has 0 aliphatic rings. The summed E-state index contributed by atoms with van der Waals surface area (Å²) in [4.78, 5) is 58.7. The van der Waals surface area contributed by atoms with Crippen molar-refractivity contribution in [2.24, 2.45) is 0 Å². The molecule has 1 unspecified atom stereocenters. The Balaban J connectivity index is 1.64. The average molecular weight is 680 g/mol. The van der Waals surface area contributed by atoms with Gasteiger partial charge in [0.25, 0.3) is 23.6 Å². The number of imidazole rings is 1. The number of aromatic hydroxyl groups is 1. The highest BCUT2D eigenvalue weighted by molar-refractivity contribution is 6.34. The lowest BCUT2D eigenvalue weighted by atomic mass is 10.1. The Bertz CT molecular complexity index is 1790. The van der Waals surface area contributed by atoms with Crippen LogP contribution in [0.25, 0.3) is 0 Å². The van der Waals surface area contributed by atoms with Crippen molar-refractivity contribution in [1.82, 2.24) is 19.4 Å². The minimum absolute atomic E-state index is 0.00719. The van der Waals surface area contributed by atoms with Crippen LogP contribution in [0.4, 0.5) is 5.69 Å². The molecule has 0 aliphatic carbocycles. The number of Topliss-reactive ketones (excluding diaryl/α,β-unsaturated/α-hetero) is 1. The summed E-state index contributed by atoms with van der Waals surface area (Å²) in [5.41, 5.74) is 0.419. The van der Waals surface area contributed by atoms with Crippen LogP contribution in [0, 0.1) is 13.8 Å². The van der Waals surface area contributed by atoms with Gasteiger partial charge in [-0.05, 0) is 44.0 Å². The standard InChI is InChI=1S/C35H42ClN5O7/c1-5-7-8-9-10-14-19-37-31(43)25-17-18-27(26(36)20-25)39-32(44)28(29(42)30-22(3)38-23(4)48-30)41-33(45)34(47-6-2)40(35(41)46)21-24-15-12-11-13-16-24/h11-13,15-18,20,28,45H,5-10,14,19,21H2,1-4H3,(H,37,43)(H,39,44). The largest absolute Gasteiger partial charge is 0.491 e. The van der Waals surface area contributed by atoms with Gasteiger partial charge in [0.2, 0.25) is 5.78 Å². The number of carbonyl (C=O) groups excluding carboxylic acids is 3. The van der Waals surface area contributed by atoms with Gasteiger partial charge >= 0.3 is 5.69 Å². The fraction of sp³-hybridized carbons (Fsp3) is 0.400. The van der Waals surface area contributed by atoms with Crippen LogP contribution in [-0.4, -0.2) is 50.0 Å². The van der Waals surface area contributed by atoms with Gasteiger partial charge in [-0.3, -0.25) is 19.0 Å². The topological polar surface area (TPSA) is 158 Å². The Morgan fingerprint density at radius 3 is 2.38 bits per heavy atom. The molecule has 0 spiro atoms. The van der Waals surface area contributed by atoms with Crippen molar-refractivity contribution in [3.63, 3.8) is 0 Å². The summed E-state index contributed by atoms with van der Waals surface area (Å²) in [5.74, 6) is -3.24.